The molecule has 24 heavy (non-hydrogen) atoms. The molecule has 2 aromatic carbocycles. The van der Waals surface area contributed by atoms with Gasteiger partial charge in [-0.3, -0.25) is 9.59 Å². The number of carbonyl (C=O) groups excluding carboxylic acids is 1. The molecule has 0 bridgehead atoms. The summed E-state index contributed by atoms with van der Waals surface area (Å²) in [5.41, 5.74) is 1.95. The van der Waals surface area contributed by atoms with Crippen LogP contribution in [0.2, 0.25) is 0 Å². The van der Waals surface area contributed by atoms with Crippen LogP contribution in [0, 0.1) is 11.3 Å². The third kappa shape index (κ3) is 3.08. The number of nitrogens with one attached hydrogen (secondary N) is 2. The van der Waals surface area contributed by atoms with Crippen LogP contribution in [-0.2, 0) is 0 Å². The Balaban J connectivity index is 1.98. The van der Waals surface area contributed by atoms with Gasteiger partial charge < -0.3 is 10.3 Å². The molecule has 5 heteroatoms. The summed E-state index contributed by atoms with van der Waals surface area (Å²) in [6.07, 6.45) is 1.52. The molecule has 1 heterocycles. The Labute approximate surface area is 138 Å². The molecule has 3 aromatic rings. The number of carbonyl (C=O) groups is 1. The number of amides is 1. The van der Waals surface area contributed by atoms with E-state index in [2.05, 4.69) is 10.3 Å². The molecule has 3 rings (SSSR count). The fourth-order valence-electron chi connectivity index (χ4n) is 2.38. The first kappa shape index (κ1) is 15.3. The molecular weight excluding hydrogens is 302 g/mol. The smallest absolute Gasteiger partial charge is 0.261 e. The summed E-state index contributed by atoms with van der Waals surface area (Å²) in [5.74, 6) is -0.500. The van der Waals surface area contributed by atoms with E-state index in [9.17, 15) is 9.59 Å². The normalized spacial score (nSPS) is 9.96. The number of nitrogens with zero attached hydrogens (tertiary/aromatic N) is 1. The number of anilines is 1. The third-order valence-electron chi connectivity index (χ3n) is 3.54. The van der Waals surface area contributed by atoms with E-state index in [-0.39, 0.29) is 5.56 Å². The van der Waals surface area contributed by atoms with Gasteiger partial charge in [-0.15, -0.1) is 0 Å². The Morgan fingerprint density at radius 2 is 1.71 bits per heavy atom. The maximum Gasteiger partial charge on any atom is 0.261 e. The van der Waals surface area contributed by atoms with E-state index in [1.54, 1.807) is 30.3 Å². The van der Waals surface area contributed by atoms with Gasteiger partial charge in [0.25, 0.3) is 11.5 Å². The number of hydrogen-bond donors (Lipinski definition) is 2. The Morgan fingerprint density at radius 1 is 1.00 bits per heavy atom. The van der Waals surface area contributed by atoms with Gasteiger partial charge in [0.1, 0.15) is 5.56 Å². The van der Waals surface area contributed by atoms with E-state index in [4.69, 9.17) is 5.26 Å². The van der Waals surface area contributed by atoms with E-state index in [1.165, 1.54) is 6.20 Å². The van der Waals surface area contributed by atoms with Gasteiger partial charge in [0, 0.05) is 17.4 Å². The zero-order chi connectivity index (χ0) is 16.9. The fraction of sp³-hybridized carbons (Fsp3) is 0. The lowest BCUT2D eigenvalue weighted by Gasteiger charge is -2.09. The molecule has 0 saturated heterocycles. The summed E-state index contributed by atoms with van der Waals surface area (Å²) in [7, 11) is 0. The number of pyridine rings is 1. The summed E-state index contributed by atoms with van der Waals surface area (Å²) < 4.78 is 0. The van der Waals surface area contributed by atoms with Crippen molar-refractivity contribution in [2.45, 2.75) is 0 Å². The summed E-state index contributed by atoms with van der Waals surface area (Å²) >= 11 is 0. The summed E-state index contributed by atoms with van der Waals surface area (Å²) in [4.78, 5) is 27.3. The molecular formula is C19H13N3O2. The van der Waals surface area contributed by atoms with Crippen molar-refractivity contribution in [3.05, 3.63) is 88.3 Å². The van der Waals surface area contributed by atoms with Crippen LogP contribution in [0.25, 0.3) is 11.1 Å². The summed E-state index contributed by atoms with van der Waals surface area (Å²) in [6.45, 7) is 0. The Hall–Kier alpha value is -3.65. The van der Waals surface area contributed by atoms with E-state index in [1.807, 2.05) is 36.4 Å². The largest absolute Gasteiger partial charge is 0.328 e. The van der Waals surface area contributed by atoms with Crippen LogP contribution in [0.4, 0.5) is 5.69 Å². The zero-order valence-corrected chi connectivity index (χ0v) is 12.6. The van der Waals surface area contributed by atoms with Crippen molar-refractivity contribution in [1.82, 2.24) is 4.98 Å². The van der Waals surface area contributed by atoms with Crippen LogP contribution in [0.15, 0.2) is 71.7 Å². The number of aromatic amines is 1. The molecule has 0 aliphatic carbocycles. The van der Waals surface area contributed by atoms with E-state index in [0.29, 0.717) is 16.8 Å². The van der Waals surface area contributed by atoms with E-state index < -0.39 is 11.5 Å². The SMILES string of the molecule is N#Cc1ccc(NC(=O)c2c(-c3ccccc3)cc[nH]c2=O)cc1. The van der Waals surface area contributed by atoms with Crippen LogP contribution in [0.5, 0.6) is 0 Å². The van der Waals surface area contributed by atoms with Crippen LogP contribution < -0.4 is 10.9 Å². The molecule has 0 aliphatic rings. The second kappa shape index (κ2) is 6.63. The molecule has 0 spiro atoms. The molecule has 1 aromatic heterocycles. The first-order chi connectivity index (χ1) is 11.7. The van der Waals surface area contributed by atoms with Crippen molar-refractivity contribution < 1.29 is 4.79 Å². The van der Waals surface area contributed by atoms with Crippen LogP contribution in [0.3, 0.4) is 0 Å². The number of H-pyrrole nitrogens is 1. The molecule has 0 unspecified atom stereocenters. The van der Waals surface area contributed by atoms with Gasteiger partial charge in [-0.05, 0) is 35.9 Å². The maximum atomic E-state index is 12.6. The van der Waals surface area contributed by atoms with Gasteiger partial charge in [-0.1, -0.05) is 30.3 Å². The molecule has 5 nitrogen and oxygen atoms in total. The molecule has 0 saturated carbocycles. The fourth-order valence-corrected chi connectivity index (χ4v) is 2.38. The molecule has 116 valence electrons. The molecule has 0 atom stereocenters. The minimum Gasteiger partial charge on any atom is -0.328 e. The maximum absolute atomic E-state index is 12.6. The van der Waals surface area contributed by atoms with E-state index in [0.717, 1.165) is 5.56 Å². The second-order valence-electron chi connectivity index (χ2n) is 5.10. The molecule has 0 fully saturated rings. The highest BCUT2D eigenvalue weighted by atomic mass is 16.2. The average molecular weight is 315 g/mol. The minimum atomic E-state index is -0.500. The number of benzene rings is 2. The first-order valence-electron chi connectivity index (χ1n) is 7.27. The Morgan fingerprint density at radius 3 is 2.38 bits per heavy atom. The zero-order valence-electron chi connectivity index (χ0n) is 12.6. The van der Waals surface area contributed by atoms with Crippen molar-refractivity contribution in [3.8, 4) is 17.2 Å². The Bertz CT molecular complexity index is 968. The summed E-state index contributed by atoms with van der Waals surface area (Å²) in [5, 5.41) is 11.5. The lowest BCUT2D eigenvalue weighted by Crippen LogP contribution is -2.24. The van der Waals surface area contributed by atoms with Gasteiger partial charge in [0.05, 0.1) is 11.6 Å². The van der Waals surface area contributed by atoms with Gasteiger partial charge in [-0.25, -0.2) is 0 Å². The van der Waals surface area contributed by atoms with Gasteiger partial charge in [0.2, 0.25) is 0 Å². The third-order valence-corrected chi connectivity index (χ3v) is 3.54. The lowest BCUT2D eigenvalue weighted by molar-refractivity contribution is 0.102. The monoisotopic (exact) mass is 315 g/mol. The van der Waals surface area contributed by atoms with Crippen molar-refractivity contribution in [3.63, 3.8) is 0 Å². The number of hydrogen-bond acceptors (Lipinski definition) is 3. The van der Waals surface area contributed by atoms with Crippen LogP contribution in [-0.4, -0.2) is 10.9 Å². The van der Waals surface area contributed by atoms with Gasteiger partial charge >= 0.3 is 0 Å². The number of aromatic nitrogens is 1. The standard InChI is InChI=1S/C19H13N3O2/c20-12-13-6-8-15(9-7-13)22-19(24)17-16(10-11-21-18(17)23)14-4-2-1-3-5-14/h1-11H,(H,21,23)(H,22,24). The van der Waals surface area contributed by atoms with Crippen LogP contribution >= 0.6 is 0 Å². The van der Waals surface area contributed by atoms with Crippen molar-refractivity contribution in [2.75, 3.05) is 5.32 Å². The molecule has 0 aliphatic heterocycles. The van der Waals surface area contributed by atoms with Gasteiger partial charge in [-0.2, -0.15) is 5.26 Å². The lowest BCUT2D eigenvalue weighted by atomic mass is 10.0. The second-order valence-corrected chi connectivity index (χ2v) is 5.10. The topological polar surface area (TPSA) is 85.8 Å². The predicted octanol–water partition coefficient (Wildman–Crippen LogP) is 3.17. The predicted molar refractivity (Wildman–Crippen MR) is 91.6 cm³/mol. The van der Waals surface area contributed by atoms with Crippen molar-refractivity contribution in [1.29, 1.82) is 5.26 Å². The average Bonchev–Trinajstić information content (AvgIpc) is 2.62. The molecule has 0 radical (unpaired) electrons. The van der Waals surface area contributed by atoms with Crippen molar-refractivity contribution in [2.24, 2.45) is 0 Å². The quantitative estimate of drug-likeness (QED) is 0.778. The molecule has 2 N–H and O–H groups in total. The first-order valence-corrected chi connectivity index (χ1v) is 7.27. The number of rotatable bonds is 3. The number of nitriles is 1. The summed E-state index contributed by atoms with van der Waals surface area (Å²) in [6, 6.07) is 19.4. The minimum absolute atomic E-state index is 0.0491. The van der Waals surface area contributed by atoms with Crippen LogP contribution in [0.1, 0.15) is 15.9 Å². The van der Waals surface area contributed by atoms with E-state index >= 15 is 0 Å². The van der Waals surface area contributed by atoms with Crippen molar-refractivity contribution >= 4 is 11.6 Å². The van der Waals surface area contributed by atoms with Gasteiger partial charge in [0.15, 0.2) is 0 Å². The highest BCUT2D eigenvalue weighted by Gasteiger charge is 2.17. The highest BCUT2D eigenvalue weighted by molar-refractivity contribution is 6.08. The molecule has 1 amide bonds. The Kier molecular flexibility index (Phi) is 4.21. The highest BCUT2D eigenvalue weighted by Crippen LogP contribution is 2.21.